The summed E-state index contributed by atoms with van der Waals surface area (Å²) in [4.78, 5) is 12.5. The average molecular weight is 389 g/mol. The summed E-state index contributed by atoms with van der Waals surface area (Å²) in [6, 6.07) is 13.0. The van der Waals surface area contributed by atoms with Crippen molar-refractivity contribution in [3.63, 3.8) is 0 Å². The number of hydrogen-bond acceptors (Lipinski definition) is 3. The Morgan fingerprint density at radius 1 is 1.04 bits per heavy atom. The van der Waals surface area contributed by atoms with Crippen LogP contribution in [0, 0.1) is 13.8 Å². The van der Waals surface area contributed by atoms with E-state index in [1.807, 2.05) is 44.2 Å². The molecule has 2 rings (SSSR count). The molecule has 0 atom stereocenters. The van der Waals surface area contributed by atoms with Gasteiger partial charge in [0.05, 0.1) is 11.9 Å². The molecule has 0 spiro atoms. The first kappa shape index (κ1) is 21.0. The fourth-order valence-electron chi connectivity index (χ4n) is 2.72. The number of anilines is 2. The van der Waals surface area contributed by atoms with E-state index in [0.29, 0.717) is 11.4 Å². The van der Waals surface area contributed by atoms with Gasteiger partial charge in [-0.2, -0.15) is 0 Å². The molecule has 2 aromatic rings. The SMILES string of the molecule is Cc1ccc(C)c(NC(=O)CN(c2ccc(C(C)(C)C)cc2)S(C)(=O)=O)c1. The van der Waals surface area contributed by atoms with Crippen LogP contribution in [0.15, 0.2) is 42.5 Å². The molecule has 6 heteroatoms. The molecule has 0 aliphatic heterocycles. The Kier molecular flexibility index (Phi) is 6.00. The van der Waals surface area contributed by atoms with Crippen molar-refractivity contribution in [1.29, 1.82) is 0 Å². The minimum atomic E-state index is -3.60. The normalized spacial score (nSPS) is 11.9. The van der Waals surface area contributed by atoms with Crippen LogP contribution in [0.5, 0.6) is 0 Å². The third-order valence-electron chi connectivity index (χ3n) is 4.38. The highest BCUT2D eigenvalue weighted by molar-refractivity contribution is 7.92. The lowest BCUT2D eigenvalue weighted by Crippen LogP contribution is -2.37. The third-order valence-corrected chi connectivity index (χ3v) is 5.52. The van der Waals surface area contributed by atoms with Crippen molar-refractivity contribution < 1.29 is 13.2 Å². The second kappa shape index (κ2) is 7.72. The van der Waals surface area contributed by atoms with Crippen LogP contribution in [0.25, 0.3) is 0 Å². The molecule has 0 saturated carbocycles. The van der Waals surface area contributed by atoms with Gasteiger partial charge in [0.15, 0.2) is 0 Å². The summed E-state index contributed by atoms with van der Waals surface area (Å²) in [7, 11) is -3.60. The van der Waals surface area contributed by atoms with Crippen LogP contribution in [0.4, 0.5) is 11.4 Å². The van der Waals surface area contributed by atoms with Crippen LogP contribution < -0.4 is 9.62 Å². The number of amides is 1. The van der Waals surface area contributed by atoms with Crippen molar-refractivity contribution in [3.8, 4) is 0 Å². The third kappa shape index (κ3) is 5.57. The summed E-state index contributed by atoms with van der Waals surface area (Å²) in [5.74, 6) is -0.381. The maximum absolute atomic E-state index is 12.5. The van der Waals surface area contributed by atoms with Crippen molar-refractivity contribution in [2.45, 2.75) is 40.0 Å². The minimum absolute atomic E-state index is 0.0332. The highest BCUT2D eigenvalue weighted by atomic mass is 32.2. The lowest BCUT2D eigenvalue weighted by molar-refractivity contribution is -0.114. The highest BCUT2D eigenvalue weighted by Gasteiger charge is 2.22. The van der Waals surface area contributed by atoms with Gasteiger partial charge in [-0.15, -0.1) is 0 Å². The summed E-state index contributed by atoms with van der Waals surface area (Å²) in [5.41, 5.74) is 4.18. The summed E-state index contributed by atoms with van der Waals surface area (Å²) in [6.07, 6.45) is 1.11. The van der Waals surface area contributed by atoms with Gasteiger partial charge in [0.1, 0.15) is 6.54 Å². The van der Waals surface area contributed by atoms with E-state index < -0.39 is 10.0 Å². The Labute approximate surface area is 162 Å². The van der Waals surface area contributed by atoms with Gasteiger partial charge in [-0.25, -0.2) is 8.42 Å². The zero-order valence-corrected chi connectivity index (χ0v) is 17.6. The van der Waals surface area contributed by atoms with E-state index in [9.17, 15) is 13.2 Å². The van der Waals surface area contributed by atoms with Gasteiger partial charge < -0.3 is 5.32 Å². The summed E-state index contributed by atoms with van der Waals surface area (Å²) in [5, 5.41) is 2.81. The number of carbonyl (C=O) groups is 1. The number of aryl methyl sites for hydroxylation is 2. The summed E-state index contributed by atoms with van der Waals surface area (Å²) < 4.78 is 25.7. The lowest BCUT2D eigenvalue weighted by Gasteiger charge is -2.24. The van der Waals surface area contributed by atoms with Crippen molar-refractivity contribution >= 4 is 27.3 Å². The van der Waals surface area contributed by atoms with Crippen LogP contribution in [0.3, 0.4) is 0 Å². The number of benzene rings is 2. The van der Waals surface area contributed by atoms with Gasteiger partial charge in [-0.05, 0) is 54.2 Å². The van der Waals surface area contributed by atoms with Gasteiger partial charge in [-0.3, -0.25) is 9.10 Å². The molecular formula is C21H28N2O3S. The van der Waals surface area contributed by atoms with Crippen LogP contribution in [-0.2, 0) is 20.2 Å². The summed E-state index contributed by atoms with van der Waals surface area (Å²) in [6.45, 7) is 9.83. The van der Waals surface area contributed by atoms with Crippen molar-refractivity contribution in [2.75, 3.05) is 22.4 Å². The molecule has 0 aliphatic rings. The molecule has 27 heavy (non-hydrogen) atoms. The maximum Gasteiger partial charge on any atom is 0.245 e. The van der Waals surface area contributed by atoms with Gasteiger partial charge in [-0.1, -0.05) is 45.0 Å². The Morgan fingerprint density at radius 2 is 1.63 bits per heavy atom. The molecule has 2 aromatic carbocycles. The molecule has 0 aromatic heterocycles. The molecule has 146 valence electrons. The Morgan fingerprint density at radius 3 is 2.15 bits per heavy atom. The first-order chi connectivity index (χ1) is 12.4. The lowest BCUT2D eigenvalue weighted by atomic mass is 9.87. The van der Waals surface area contributed by atoms with Gasteiger partial charge in [0.2, 0.25) is 15.9 Å². The largest absolute Gasteiger partial charge is 0.324 e. The van der Waals surface area contributed by atoms with E-state index in [1.165, 1.54) is 0 Å². The first-order valence-corrected chi connectivity index (χ1v) is 10.7. The number of nitrogens with one attached hydrogen (secondary N) is 1. The molecule has 1 N–H and O–H groups in total. The summed E-state index contributed by atoms with van der Waals surface area (Å²) >= 11 is 0. The minimum Gasteiger partial charge on any atom is -0.324 e. The predicted molar refractivity (Wildman–Crippen MR) is 112 cm³/mol. The molecule has 0 saturated heterocycles. The van der Waals surface area contributed by atoms with Gasteiger partial charge in [0, 0.05) is 5.69 Å². The van der Waals surface area contributed by atoms with E-state index in [4.69, 9.17) is 0 Å². The Hall–Kier alpha value is -2.34. The molecule has 0 aliphatic carbocycles. The van der Waals surface area contributed by atoms with Crippen molar-refractivity contribution in [2.24, 2.45) is 0 Å². The van der Waals surface area contributed by atoms with Crippen LogP contribution >= 0.6 is 0 Å². The number of carbonyl (C=O) groups excluding carboxylic acids is 1. The van der Waals surface area contributed by atoms with Crippen LogP contribution in [0.1, 0.15) is 37.5 Å². The van der Waals surface area contributed by atoms with Crippen molar-refractivity contribution in [1.82, 2.24) is 0 Å². The Bertz CT molecular complexity index is 927. The van der Waals surface area contributed by atoms with E-state index in [1.54, 1.807) is 12.1 Å². The molecule has 0 bridgehead atoms. The fraction of sp³-hybridized carbons (Fsp3) is 0.381. The van der Waals surface area contributed by atoms with E-state index in [0.717, 1.165) is 27.3 Å². The molecule has 5 nitrogen and oxygen atoms in total. The number of rotatable bonds is 5. The monoisotopic (exact) mass is 388 g/mol. The standard InChI is InChI=1S/C21H28N2O3S/c1-15-7-8-16(2)19(13-15)22-20(24)14-23(27(6,25)26)18-11-9-17(10-12-18)21(3,4)5/h7-13H,14H2,1-6H3,(H,22,24). The Balaban J connectivity index is 2.25. The quantitative estimate of drug-likeness (QED) is 0.842. The van der Waals surface area contributed by atoms with Gasteiger partial charge >= 0.3 is 0 Å². The first-order valence-electron chi connectivity index (χ1n) is 8.83. The van der Waals surface area contributed by atoms with E-state index in [-0.39, 0.29) is 17.9 Å². The molecule has 0 unspecified atom stereocenters. The van der Waals surface area contributed by atoms with Gasteiger partial charge in [0.25, 0.3) is 0 Å². The van der Waals surface area contributed by atoms with E-state index in [2.05, 4.69) is 26.1 Å². The smallest absolute Gasteiger partial charge is 0.245 e. The van der Waals surface area contributed by atoms with Crippen LogP contribution in [0.2, 0.25) is 0 Å². The van der Waals surface area contributed by atoms with Crippen LogP contribution in [-0.4, -0.2) is 27.1 Å². The molecular weight excluding hydrogens is 360 g/mol. The molecule has 0 heterocycles. The molecule has 0 fully saturated rings. The van der Waals surface area contributed by atoms with Crippen molar-refractivity contribution in [3.05, 3.63) is 59.2 Å². The number of hydrogen-bond donors (Lipinski definition) is 1. The maximum atomic E-state index is 12.5. The molecule has 1 amide bonds. The van der Waals surface area contributed by atoms with E-state index >= 15 is 0 Å². The molecule has 0 radical (unpaired) electrons. The number of nitrogens with zero attached hydrogens (tertiary/aromatic N) is 1. The number of sulfonamides is 1. The zero-order valence-electron chi connectivity index (χ0n) is 16.8. The topological polar surface area (TPSA) is 66.5 Å². The zero-order chi connectivity index (χ0) is 20.4. The predicted octanol–water partition coefficient (Wildman–Crippen LogP) is 4.01. The average Bonchev–Trinajstić information content (AvgIpc) is 2.54. The second-order valence-corrected chi connectivity index (χ2v) is 9.84. The second-order valence-electron chi connectivity index (χ2n) is 7.93. The fourth-order valence-corrected chi connectivity index (χ4v) is 3.57. The highest BCUT2D eigenvalue weighted by Crippen LogP contribution is 2.26.